The summed E-state index contributed by atoms with van der Waals surface area (Å²) in [7, 11) is 0. The van der Waals surface area contributed by atoms with E-state index < -0.39 is 6.04 Å². The third-order valence-electron chi connectivity index (χ3n) is 4.62. The summed E-state index contributed by atoms with van der Waals surface area (Å²) in [5.74, 6) is 1.10. The number of aliphatic hydroxyl groups is 1. The molecule has 0 spiro atoms. The largest absolute Gasteiger partial charge is 0.462 e. The Labute approximate surface area is 166 Å². The quantitative estimate of drug-likeness (QED) is 0.593. The van der Waals surface area contributed by atoms with Crippen LogP contribution in [0.25, 0.3) is 0 Å². The van der Waals surface area contributed by atoms with Gasteiger partial charge in [0, 0.05) is 18.5 Å². The highest BCUT2D eigenvalue weighted by Crippen LogP contribution is 2.30. The van der Waals surface area contributed by atoms with Crippen molar-refractivity contribution in [2.24, 2.45) is 17.3 Å². The predicted octanol–water partition coefficient (Wildman–Crippen LogP) is 2.49. The number of carbonyl (C=O) groups excluding carboxylic acids is 2. The van der Waals surface area contributed by atoms with E-state index in [1.54, 1.807) is 20.8 Å². The zero-order chi connectivity index (χ0) is 21.2. The second kappa shape index (κ2) is 12.5. The first-order valence-corrected chi connectivity index (χ1v) is 10.2. The molecule has 0 amide bonds. The number of hydrogen-bond donors (Lipinski definition) is 2. The molecule has 0 saturated carbocycles. The van der Waals surface area contributed by atoms with Crippen LogP contribution in [0, 0.1) is 17.3 Å². The Hall–Kier alpha value is -0.980. The van der Waals surface area contributed by atoms with Gasteiger partial charge in [-0.3, -0.25) is 9.59 Å². The van der Waals surface area contributed by atoms with Gasteiger partial charge in [-0.05, 0) is 52.1 Å². The van der Waals surface area contributed by atoms with Crippen LogP contribution >= 0.6 is 0 Å². The van der Waals surface area contributed by atoms with Crippen molar-refractivity contribution >= 4 is 11.8 Å². The molecule has 0 aromatic carbocycles. The van der Waals surface area contributed by atoms with E-state index in [1.165, 1.54) is 0 Å². The highest BCUT2D eigenvalue weighted by atomic mass is 16.5. The van der Waals surface area contributed by atoms with E-state index in [4.69, 9.17) is 9.84 Å². The number of likely N-dealkylation sites (tertiary alicyclic amines) is 1. The SMILES string of the molecule is CC(=O)C1(C)CCN(CC(C)C)C1.CC(C)CNC(CO)C(=O)OC(C)C. The van der Waals surface area contributed by atoms with Crippen LogP contribution in [-0.4, -0.2) is 66.7 Å². The first-order valence-electron chi connectivity index (χ1n) is 10.2. The second-order valence-corrected chi connectivity index (χ2v) is 9.02. The molecule has 2 N–H and O–H groups in total. The normalized spacial score (nSPS) is 21.3. The number of rotatable bonds is 9. The first-order chi connectivity index (χ1) is 12.4. The van der Waals surface area contributed by atoms with Crippen molar-refractivity contribution in [3.8, 4) is 0 Å². The Balaban J connectivity index is 0.000000501. The standard InChI is InChI=1S/C11H21NO.C10H21NO3/c1-9(2)7-12-6-5-11(4,8-12)10(3)13;1-7(2)5-11-9(6-12)10(13)14-8(3)4/h9H,5-8H2,1-4H3;7-9,11-12H,5-6H2,1-4H3. The molecule has 1 rings (SSSR count). The van der Waals surface area contributed by atoms with Gasteiger partial charge in [0.1, 0.15) is 11.8 Å². The van der Waals surface area contributed by atoms with Crippen LogP contribution in [0.1, 0.15) is 61.8 Å². The maximum Gasteiger partial charge on any atom is 0.325 e. The molecule has 160 valence electrons. The predicted molar refractivity (Wildman–Crippen MR) is 110 cm³/mol. The molecule has 1 saturated heterocycles. The van der Waals surface area contributed by atoms with Crippen molar-refractivity contribution in [3.05, 3.63) is 0 Å². The van der Waals surface area contributed by atoms with E-state index in [1.807, 2.05) is 13.8 Å². The fourth-order valence-electron chi connectivity index (χ4n) is 2.93. The van der Waals surface area contributed by atoms with E-state index in [0.29, 0.717) is 24.2 Å². The summed E-state index contributed by atoms with van der Waals surface area (Å²) in [4.78, 5) is 25.1. The van der Waals surface area contributed by atoms with Crippen molar-refractivity contribution in [2.45, 2.75) is 74.0 Å². The van der Waals surface area contributed by atoms with Crippen LogP contribution in [-0.2, 0) is 14.3 Å². The molecule has 2 unspecified atom stereocenters. The molecule has 1 fully saturated rings. The van der Waals surface area contributed by atoms with Gasteiger partial charge < -0.3 is 20.1 Å². The third kappa shape index (κ3) is 10.8. The second-order valence-electron chi connectivity index (χ2n) is 9.02. The summed E-state index contributed by atoms with van der Waals surface area (Å²) in [6, 6.07) is -0.597. The number of ether oxygens (including phenoxy) is 1. The summed E-state index contributed by atoms with van der Waals surface area (Å²) in [6.07, 6.45) is 0.895. The molecule has 1 aliphatic rings. The minimum absolute atomic E-state index is 0.0606. The zero-order valence-corrected chi connectivity index (χ0v) is 18.7. The van der Waals surface area contributed by atoms with Crippen molar-refractivity contribution in [3.63, 3.8) is 0 Å². The molecule has 1 heterocycles. The number of esters is 1. The van der Waals surface area contributed by atoms with Crippen LogP contribution in [0.2, 0.25) is 0 Å². The van der Waals surface area contributed by atoms with Crippen LogP contribution in [0.4, 0.5) is 0 Å². The van der Waals surface area contributed by atoms with E-state index in [-0.39, 0.29) is 24.1 Å². The molecule has 0 bridgehead atoms. The van der Waals surface area contributed by atoms with Gasteiger partial charge in [0.25, 0.3) is 0 Å². The van der Waals surface area contributed by atoms with Crippen molar-refractivity contribution in [1.29, 1.82) is 0 Å². The van der Waals surface area contributed by atoms with Gasteiger partial charge in [-0.1, -0.05) is 34.6 Å². The van der Waals surface area contributed by atoms with E-state index in [0.717, 1.165) is 26.1 Å². The lowest BCUT2D eigenvalue weighted by atomic mass is 9.86. The highest BCUT2D eigenvalue weighted by Gasteiger charge is 2.37. The minimum atomic E-state index is -0.597. The number of carbonyl (C=O) groups is 2. The Morgan fingerprint density at radius 3 is 2.11 bits per heavy atom. The number of nitrogens with zero attached hydrogens (tertiary/aromatic N) is 1. The number of hydrogen-bond acceptors (Lipinski definition) is 6. The number of aliphatic hydroxyl groups excluding tert-OH is 1. The highest BCUT2D eigenvalue weighted by molar-refractivity contribution is 5.82. The summed E-state index contributed by atoms with van der Waals surface area (Å²) in [5, 5.41) is 11.9. The van der Waals surface area contributed by atoms with Crippen molar-refractivity contribution in [2.75, 3.05) is 32.8 Å². The zero-order valence-electron chi connectivity index (χ0n) is 18.7. The van der Waals surface area contributed by atoms with Crippen molar-refractivity contribution < 1.29 is 19.4 Å². The molecule has 0 radical (unpaired) electrons. The summed E-state index contributed by atoms with van der Waals surface area (Å²) in [5.41, 5.74) is -0.0606. The monoisotopic (exact) mass is 386 g/mol. The van der Waals surface area contributed by atoms with Gasteiger partial charge >= 0.3 is 5.97 Å². The summed E-state index contributed by atoms with van der Waals surface area (Å²) >= 11 is 0. The third-order valence-corrected chi connectivity index (χ3v) is 4.62. The molecule has 27 heavy (non-hydrogen) atoms. The van der Waals surface area contributed by atoms with E-state index >= 15 is 0 Å². The fourth-order valence-corrected chi connectivity index (χ4v) is 2.93. The average Bonchev–Trinajstić information content (AvgIpc) is 2.89. The molecule has 6 nitrogen and oxygen atoms in total. The molecule has 0 aromatic rings. The average molecular weight is 387 g/mol. The first kappa shape index (κ1) is 26.0. The Morgan fingerprint density at radius 2 is 1.74 bits per heavy atom. The maximum atomic E-state index is 11.4. The number of Topliss-reactive ketones (excluding diaryl/α,β-unsaturated/α-hetero) is 1. The lowest BCUT2D eigenvalue weighted by Crippen LogP contribution is -2.43. The Kier molecular flexibility index (Phi) is 12.0. The van der Waals surface area contributed by atoms with Crippen molar-refractivity contribution in [1.82, 2.24) is 10.2 Å². The van der Waals surface area contributed by atoms with Gasteiger partial charge in [0.15, 0.2) is 0 Å². The van der Waals surface area contributed by atoms with Gasteiger partial charge in [-0.25, -0.2) is 0 Å². The van der Waals surface area contributed by atoms with Gasteiger partial charge in [0.05, 0.1) is 12.7 Å². The minimum Gasteiger partial charge on any atom is -0.462 e. The molecule has 0 aliphatic carbocycles. The smallest absolute Gasteiger partial charge is 0.325 e. The lowest BCUT2D eigenvalue weighted by Gasteiger charge is -2.22. The van der Waals surface area contributed by atoms with Crippen LogP contribution < -0.4 is 5.32 Å². The van der Waals surface area contributed by atoms with Crippen LogP contribution in [0.15, 0.2) is 0 Å². The summed E-state index contributed by atoms with van der Waals surface area (Å²) in [6.45, 7) is 19.6. The maximum absolute atomic E-state index is 11.4. The topological polar surface area (TPSA) is 78.9 Å². The molecule has 6 heteroatoms. The number of nitrogens with one attached hydrogen (secondary N) is 1. The summed E-state index contributed by atoms with van der Waals surface area (Å²) < 4.78 is 4.97. The number of ketones is 1. The van der Waals surface area contributed by atoms with E-state index in [9.17, 15) is 9.59 Å². The Bertz CT molecular complexity index is 451. The van der Waals surface area contributed by atoms with Gasteiger partial charge in [0.2, 0.25) is 0 Å². The van der Waals surface area contributed by atoms with Crippen LogP contribution in [0.5, 0.6) is 0 Å². The van der Waals surface area contributed by atoms with E-state index in [2.05, 4.69) is 31.0 Å². The molecular formula is C21H42N2O4. The molecule has 1 aliphatic heterocycles. The molecular weight excluding hydrogens is 344 g/mol. The van der Waals surface area contributed by atoms with Gasteiger partial charge in [-0.15, -0.1) is 0 Å². The van der Waals surface area contributed by atoms with Crippen LogP contribution in [0.3, 0.4) is 0 Å². The lowest BCUT2D eigenvalue weighted by molar-refractivity contribution is -0.151. The molecule has 2 atom stereocenters. The molecule has 0 aromatic heterocycles. The van der Waals surface area contributed by atoms with Gasteiger partial charge in [-0.2, -0.15) is 0 Å². The Morgan fingerprint density at radius 1 is 1.15 bits per heavy atom. The fraction of sp³-hybridized carbons (Fsp3) is 0.905.